The Balaban J connectivity index is 1.75. The van der Waals surface area contributed by atoms with Crippen LogP contribution in [0.15, 0.2) is 45.8 Å². The van der Waals surface area contributed by atoms with Crippen molar-refractivity contribution in [2.24, 2.45) is 27.7 Å². The molecule has 33 heavy (non-hydrogen) atoms. The zero-order chi connectivity index (χ0) is 23.6. The molecule has 3 rings (SSSR count). The maximum absolute atomic E-state index is 12.8. The first-order valence-electron chi connectivity index (χ1n) is 12.2. The van der Waals surface area contributed by atoms with Crippen LogP contribution in [0.5, 0.6) is 0 Å². The summed E-state index contributed by atoms with van der Waals surface area (Å²) < 4.78 is 0. The van der Waals surface area contributed by atoms with Gasteiger partial charge in [0.1, 0.15) is 11.4 Å². The van der Waals surface area contributed by atoms with Crippen molar-refractivity contribution in [3.8, 4) is 0 Å². The summed E-state index contributed by atoms with van der Waals surface area (Å²) in [6.45, 7) is 9.50. The summed E-state index contributed by atoms with van der Waals surface area (Å²) in [5.41, 5.74) is 2.07. The number of carbonyl (C=O) groups excluding carboxylic acids is 1. The van der Waals surface area contributed by atoms with Gasteiger partial charge < -0.3 is 26.0 Å². The molecule has 0 aromatic rings. The van der Waals surface area contributed by atoms with Gasteiger partial charge in [0.15, 0.2) is 6.17 Å². The van der Waals surface area contributed by atoms with Gasteiger partial charge in [0.2, 0.25) is 0 Å². The van der Waals surface area contributed by atoms with E-state index in [9.17, 15) is 9.90 Å². The second kappa shape index (κ2) is 12.7. The first-order chi connectivity index (χ1) is 16.0. The largest absolute Gasteiger partial charge is 0.396 e. The van der Waals surface area contributed by atoms with E-state index >= 15 is 0 Å². The molecule has 3 aliphatic heterocycles. The first-order valence-corrected chi connectivity index (χ1v) is 12.2. The van der Waals surface area contributed by atoms with Crippen molar-refractivity contribution < 1.29 is 9.90 Å². The van der Waals surface area contributed by atoms with E-state index in [2.05, 4.69) is 57.2 Å². The zero-order valence-corrected chi connectivity index (χ0v) is 20.3. The number of rotatable bonds is 7. The standard InChI is InChI=1S/C25H40N6O2/c1-18-5-4-13-31(16-22(7-6-18)10-14-32)24-23(19(2)28-17-29-24)30-20(3)25(33)27-15-21-8-11-26-12-9-21/h4,6-7,13,17-18,21-22,24,26,32H,5,8-12,14-16H2,1-3H3,(H,27,33)(H,28,29)/b7-6+,13-4+,30-20?. The molecule has 3 unspecified atom stereocenters. The first kappa shape index (κ1) is 25.2. The van der Waals surface area contributed by atoms with Crippen LogP contribution in [-0.4, -0.2) is 66.9 Å². The molecule has 1 saturated heterocycles. The number of nitrogens with one attached hydrogen (secondary N) is 3. The summed E-state index contributed by atoms with van der Waals surface area (Å²) in [6, 6.07) is 0. The van der Waals surface area contributed by atoms with Gasteiger partial charge in [0.25, 0.3) is 5.91 Å². The Morgan fingerprint density at radius 2 is 2.12 bits per heavy atom. The lowest BCUT2D eigenvalue weighted by Gasteiger charge is -2.33. The Labute approximate surface area is 198 Å². The van der Waals surface area contributed by atoms with E-state index in [0.29, 0.717) is 30.5 Å². The van der Waals surface area contributed by atoms with Crippen molar-refractivity contribution in [1.82, 2.24) is 20.9 Å². The number of amides is 1. The minimum atomic E-state index is -0.322. The zero-order valence-electron chi connectivity index (χ0n) is 20.3. The van der Waals surface area contributed by atoms with E-state index in [-0.39, 0.29) is 24.6 Å². The number of allylic oxidation sites excluding steroid dienone is 3. The number of carbonyl (C=O) groups is 1. The van der Waals surface area contributed by atoms with Crippen LogP contribution in [0.1, 0.15) is 46.5 Å². The summed E-state index contributed by atoms with van der Waals surface area (Å²) >= 11 is 0. The quantitative estimate of drug-likeness (QED) is 0.347. The second-order valence-corrected chi connectivity index (χ2v) is 9.36. The molecule has 0 aromatic heterocycles. The van der Waals surface area contributed by atoms with Crippen LogP contribution in [-0.2, 0) is 4.79 Å². The Hall–Kier alpha value is -2.45. The van der Waals surface area contributed by atoms with E-state index in [0.717, 1.165) is 50.3 Å². The highest BCUT2D eigenvalue weighted by Gasteiger charge is 2.26. The molecule has 0 saturated carbocycles. The van der Waals surface area contributed by atoms with Crippen LogP contribution in [0.3, 0.4) is 0 Å². The molecule has 0 bridgehead atoms. The smallest absolute Gasteiger partial charge is 0.265 e. The van der Waals surface area contributed by atoms with Gasteiger partial charge in [-0.05, 0) is 76.6 Å². The van der Waals surface area contributed by atoms with Gasteiger partial charge in [-0.1, -0.05) is 25.2 Å². The van der Waals surface area contributed by atoms with Gasteiger partial charge in [-0.15, -0.1) is 0 Å². The lowest BCUT2D eigenvalue weighted by molar-refractivity contribution is -0.115. The number of aliphatic imine (C=N–C) groups is 2. The number of aliphatic hydroxyl groups excluding tert-OH is 1. The lowest BCUT2D eigenvalue weighted by atomic mass is 9.98. The van der Waals surface area contributed by atoms with Crippen LogP contribution >= 0.6 is 0 Å². The molecule has 182 valence electrons. The average Bonchev–Trinajstić information content (AvgIpc) is 2.90. The molecular weight excluding hydrogens is 416 g/mol. The molecule has 0 spiro atoms. The van der Waals surface area contributed by atoms with Gasteiger partial charge >= 0.3 is 0 Å². The Kier molecular flexibility index (Phi) is 9.69. The van der Waals surface area contributed by atoms with Gasteiger partial charge in [0.05, 0.1) is 6.34 Å². The molecule has 4 N–H and O–H groups in total. The van der Waals surface area contributed by atoms with Crippen LogP contribution in [0.25, 0.3) is 0 Å². The predicted molar refractivity (Wildman–Crippen MR) is 134 cm³/mol. The fourth-order valence-electron chi connectivity index (χ4n) is 4.37. The molecule has 0 aromatic carbocycles. The molecular formula is C25H40N6O2. The SMILES string of the molecule is CC(=NC1=C(C)NC=NC1N1/C=C/CC(C)/C=C/C(CCO)C1)C(=O)NCC1CCNCC1. The van der Waals surface area contributed by atoms with Crippen molar-refractivity contribution in [1.29, 1.82) is 0 Å². The third-order valence-corrected chi connectivity index (χ3v) is 6.53. The van der Waals surface area contributed by atoms with Gasteiger partial charge in [-0.3, -0.25) is 4.79 Å². The third-order valence-electron chi connectivity index (χ3n) is 6.53. The normalized spacial score (nSPS) is 29.0. The molecule has 3 atom stereocenters. The fraction of sp³-hybridized carbons (Fsp3) is 0.640. The van der Waals surface area contributed by atoms with Gasteiger partial charge in [-0.25, -0.2) is 9.98 Å². The van der Waals surface area contributed by atoms with Crippen LogP contribution in [0.4, 0.5) is 0 Å². The molecule has 1 fully saturated rings. The van der Waals surface area contributed by atoms with Gasteiger partial charge in [0, 0.05) is 25.4 Å². The van der Waals surface area contributed by atoms with Crippen molar-refractivity contribution in [2.45, 2.75) is 52.6 Å². The van der Waals surface area contributed by atoms with E-state index in [1.807, 2.05) is 6.92 Å². The summed E-state index contributed by atoms with van der Waals surface area (Å²) in [7, 11) is 0. The summed E-state index contributed by atoms with van der Waals surface area (Å²) in [6.07, 6.45) is 13.9. The maximum atomic E-state index is 12.8. The molecule has 1 amide bonds. The predicted octanol–water partition coefficient (Wildman–Crippen LogP) is 2.16. The van der Waals surface area contributed by atoms with Crippen molar-refractivity contribution >= 4 is 18.0 Å². The van der Waals surface area contributed by atoms with E-state index in [4.69, 9.17) is 4.99 Å². The summed E-state index contributed by atoms with van der Waals surface area (Å²) in [4.78, 5) is 24.4. The third kappa shape index (κ3) is 7.54. The Bertz CT molecular complexity index is 810. The highest BCUT2D eigenvalue weighted by atomic mass is 16.3. The molecule has 8 nitrogen and oxygen atoms in total. The Morgan fingerprint density at radius 3 is 2.88 bits per heavy atom. The second-order valence-electron chi connectivity index (χ2n) is 9.36. The Morgan fingerprint density at radius 1 is 1.33 bits per heavy atom. The van der Waals surface area contributed by atoms with E-state index in [1.165, 1.54) is 0 Å². The fourth-order valence-corrected chi connectivity index (χ4v) is 4.37. The molecule has 8 heteroatoms. The summed E-state index contributed by atoms with van der Waals surface area (Å²) in [5.74, 6) is 1.05. The summed E-state index contributed by atoms with van der Waals surface area (Å²) in [5, 5.41) is 19.1. The molecule has 3 heterocycles. The lowest BCUT2D eigenvalue weighted by Crippen LogP contribution is -2.40. The number of hydrogen-bond donors (Lipinski definition) is 4. The minimum Gasteiger partial charge on any atom is -0.396 e. The number of aliphatic hydroxyl groups is 1. The van der Waals surface area contributed by atoms with Crippen molar-refractivity contribution in [2.75, 3.05) is 32.8 Å². The van der Waals surface area contributed by atoms with E-state index < -0.39 is 0 Å². The topological polar surface area (TPSA) is 101 Å². The van der Waals surface area contributed by atoms with Crippen LogP contribution < -0.4 is 16.0 Å². The minimum absolute atomic E-state index is 0.128. The van der Waals surface area contributed by atoms with Crippen LogP contribution in [0.2, 0.25) is 0 Å². The monoisotopic (exact) mass is 456 g/mol. The molecule has 3 aliphatic rings. The number of hydrogen-bond acceptors (Lipinski definition) is 7. The van der Waals surface area contributed by atoms with Crippen LogP contribution in [0, 0.1) is 17.8 Å². The molecule has 0 radical (unpaired) electrons. The van der Waals surface area contributed by atoms with Gasteiger partial charge in [-0.2, -0.15) is 0 Å². The number of piperidine rings is 1. The molecule has 0 aliphatic carbocycles. The number of nitrogens with zero attached hydrogens (tertiary/aromatic N) is 3. The maximum Gasteiger partial charge on any atom is 0.265 e. The van der Waals surface area contributed by atoms with Crippen molar-refractivity contribution in [3.63, 3.8) is 0 Å². The highest BCUT2D eigenvalue weighted by molar-refractivity contribution is 6.38. The van der Waals surface area contributed by atoms with E-state index in [1.54, 1.807) is 13.3 Å². The average molecular weight is 457 g/mol. The highest BCUT2D eigenvalue weighted by Crippen LogP contribution is 2.24. The van der Waals surface area contributed by atoms with Crippen molar-refractivity contribution in [3.05, 3.63) is 35.8 Å².